The molecule has 2 atom stereocenters. The Balaban J connectivity index is 1.70. The number of ether oxygens (including phenoxy) is 10. The first-order valence-electron chi connectivity index (χ1n) is 20.8. The van der Waals surface area contributed by atoms with Crippen molar-refractivity contribution in [3.05, 3.63) is 99.1 Å². The lowest BCUT2D eigenvalue weighted by Crippen LogP contribution is -2.55. The maximum atomic E-state index is 15.7. The number of hydrogen-bond donors (Lipinski definition) is 0. The first-order valence-corrected chi connectivity index (χ1v) is 20.8. The predicted octanol–water partition coefficient (Wildman–Crippen LogP) is 7.84. The lowest BCUT2D eigenvalue weighted by Gasteiger charge is -2.41. The van der Waals surface area contributed by atoms with Crippen molar-refractivity contribution < 1.29 is 61.8 Å². The van der Waals surface area contributed by atoms with Crippen molar-refractivity contribution in [2.75, 3.05) is 70.0 Å². The Morgan fingerprint density at radius 3 is 1.78 bits per heavy atom. The van der Waals surface area contributed by atoms with Gasteiger partial charge in [0.25, 0.3) is 0 Å². The van der Waals surface area contributed by atoms with Gasteiger partial charge in [-0.3, -0.25) is 14.5 Å². The van der Waals surface area contributed by atoms with Gasteiger partial charge in [-0.2, -0.15) is 0 Å². The zero-order valence-electron chi connectivity index (χ0n) is 39.3. The van der Waals surface area contributed by atoms with Gasteiger partial charge in [-0.25, -0.2) is 4.79 Å². The van der Waals surface area contributed by atoms with Crippen molar-refractivity contribution in [3.8, 4) is 40.2 Å². The van der Waals surface area contributed by atoms with Crippen molar-refractivity contribution in [3.63, 3.8) is 0 Å². The Hall–Kier alpha value is -6.19. The fourth-order valence-corrected chi connectivity index (χ4v) is 8.13. The molecule has 4 aromatic carbocycles. The Morgan fingerprint density at radius 2 is 1.22 bits per heavy atom. The van der Waals surface area contributed by atoms with E-state index in [1.54, 1.807) is 34.8 Å². The molecule has 0 N–H and O–H groups in total. The first kappa shape index (κ1) is 48.8. The lowest BCUT2D eigenvalue weighted by molar-refractivity contribution is -0.140. The van der Waals surface area contributed by atoms with Gasteiger partial charge in [-0.15, -0.1) is 0 Å². The number of rotatable bonds is 19. The standard InChI is InChI=1S/C49H62N2O13/c1-29-41(56-8)34(35(45(60-12)43(29)58-10)27-62-26-32-19-21-33(55-7)22-20-32)23-36(50(6)48(54)64-49(3,4)5)47(53)51-24-38(52)40-39(37(51)28-63-25-31-17-15-14-16-18-31)46(61-13)44(59-11)30(2)42(40)57-9/h14-22,36-37H,23-28H2,1-13H3/t36-,37+/m1/s1. The van der Waals surface area contributed by atoms with Crippen LogP contribution in [0.4, 0.5) is 4.79 Å². The van der Waals surface area contributed by atoms with Crippen LogP contribution in [0.2, 0.25) is 0 Å². The Labute approximate surface area is 376 Å². The van der Waals surface area contributed by atoms with Gasteiger partial charge in [0, 0.05) is 41.3 Å². The molecule has 0 aromatic heterocycles. The van der Waals surface area contributed by atoms with E-state index in [1.165, 1.54) is 59.5 Å². The summed E-state index contributed by atoms with van der Waals surface area (Å²) in [6, 6.07) is 14.8. The van der Waals surface area contributed by atoms with Gasteiger partial charge in [0.1, 0.15) is 28.9 Å². The molecule has 346 valence electrons. The van der Waals surface area contributed by atoms with Crippen molar-refractivity contribution in [2.24, 2.45) is 0 Å². The summed E-state index contributed by atoms with van der Waals surface area (Å²) in [6.45, 7) is 8.78. The highest BCUT2D eigenvalue weighted by Crippen LogP contribution is 2.50. The van der Waals surface area contributed by atoms with Crippen molar-refractivity contribution in [2.45, 2.75) is 78.5 Å². The third-order valence-corrected chi connectivity index (χ3v) is 11.1. The van der Waals surface area contributed by atoms with E-state index in [0.717, 1.165) is 11.1 Å². The van der Waals surface area contributed by atoms with E-state index >= 15 is 4.79 Å². The minimum absolute atomic E-state index is 0.00371. The molecule has 0 fully saturated rings. The summed E-state index contributed by atoms with van der Waals surface area (Å²) in [7, 11) is 12.1. The number of carbonyl (C=O) groups excluding carboxylic acids is 3. The molecule has 1 aliphatic rings. The molecule has 0 spiro atoms. The van der Waals surface area contributed by atoms with Crippen molar-refractivity contribution >= 4 is 17.8 Å². The summed E-state index contributed by atoms with van der Waals surface area (Å²) < 4.78 is 59.6. The molecule has 64 heavy (non-hydrogen) atoms. The van der Waals surface area contributed by atoms with Gasteiger partial charge in [-0.1, -0.05) is 42.5 Å². The van der Waals surface area contributed by atoms with E-state index in [9.17, 15) is 9.59 Å². The van der Waals surface area contributed by atoms with E-state index in [4.69, 9.17) is 47.4 Å². The molecule has 0 bridgehead atoms. The minimum atomic E-state index is -1.30. The second-order valence-corrected chi connectivity index (χ2v) is 16.3. The number of ketones is 1. The van der Waals surface area contributed by atoms with E-state index in [2.05, 4.69) is 0 Å². The number of hydrogen-bond acceptors (Lipinski definition) is 13. The van der Waals surface area contributed by atoms with Gasteiger partial charge in [-0.05, 0) is 57.9 Å². The van der Waals surface area contributed by atoms with E-state index in [0.29, 0.717) is 62.3 Å². The average molecular weight is 887 g/mol. The molecule has 15 nitrogen and oxygen atoms in total. The van der Waals surface area contributed by atoms with Gasteiger partial charge in [0.05, 0.1) is 94.3 Å². The molecule has 2 amide bonds. The van der Waals surface area contributed by atoms with E-state index in [1.807, 2.05) is 61.5 Å². The normalized spacial score (nSPS) is 14.0. The van der Waals surface area contributed by atoms with Crippen LogP contribution < -0.4 is 33.2 Å². The molecule has 1 aliphatic heterocycles. The highest BCUT2D eigenvalue weighted by molar-refractivity contribution is 6.06. The van der Waals surface area contributed by atoms with Crippen LogP contribution in [-0.4, -0.2) is 109 Å². The second kappa shape index (κ2) is 21.5. The SMILES string of the molecule is COc1ccc(COCc2c(C[C@H](C(=O)N3CC(=O)c4c(OC)c(C)c(OC)c(OC)c4[C@@H]3COCc3ccccc3)N(C)C(=O)OC(C)(C)C)c(OC)c(C)c(OC)c2OC)cc1. The van der Waals surface area contributed by atoms with E-state index in [-0.39, 0.29) is 50.7 Å². The molecule has 15 heteroatoms. The molecule has 1 heterocycles. The number of likely N-dealkylation sites (N-methyl/N-ethyl adjacent to an activating group) is 1. The number of fused-ring (bicyclic) bond motifs is 1. The molecule has 4 aromatic rings. The molecule has 0 saturated carbocycles. The Kier molecular flexibility index (Phi) is 16.4. The van der Waals surface area contributed by atoms with Gasteiger partial charge < -0.3 is 52.3 Å². The zero-order chi connectivity index (χ0) is 46.9. The quantitative estimate of drug-likeness (QED) is 0.0901. The highest BCUT2D eigenvalue weighted by atomic mass is 16.6. The summed E-state index contributed by atoms with van der Waals surface area (Å²) in [5.74, 6) is 1.77. The predicted molar refractivity (Wildman–Crippen MR) is 240 cm³/mol. The fraction of sp³-hybridized carbons (Fsp3) is 0.449. The number of nitrogens with zero attached hydrogens (tertiary/aromatic N) is 2. The average Bonchev–Trinajstić information content (AvgIpc) is 3.28. The molecular weight excluding hydrogens is 825 g/mol. The number of Topliss-reactive ketones (excluding diaryl/α,β-unsaturated/α-hetero) is 1. The Morgan fingerprint density at radius 1 is 0.672 bits per heavy atom. The van der Waals surface area contributed by atoms with Crippen LogP contribution in [0.1, 0.15) is 76.1 Å². The molecule has 5 rings (SSSR count). The van der Waals surface area contributed by atoms with Gasteiger partial charge >= 0.3 is 6.09 Å². The maximum Gasteiger partial charge on any atom is 0.410 e. The van der Waals surface area contributed by atoms with Crippen LogP contribution >= 0.6 is 0 Å². The monoisotopic (exact) mass is 886 g/mol. The topological polar surface area (TPSA) is 150 Å². The molecule has 0 radical (unpaired) electrons. The number of methoxy groups -OCH3 is 7. The number of carbonyl (C=O) groups is 3. The van der Waals surface area contributed by atoms with Gasteiger partial charge in [0.15, 0.2) is 28.8 Å². The van der Waals surface area contributed by atoms with Crippen LogP contribution in [0.3, 0.4) is 0 Å². The van der Waals surface area contributed by atoms with Crippen LogP contribution in [0.5, 0.6) is 40.2 Å². The number of benzene rings is 4. The van der Waals surface area contributed by atoms with E-state index < -0.39 is 35.5 Å². The van der Waals surface area contributed by atoms with Crippen molar-refractivity contribution in [1.29, 1.82) is 0 Å². The van der Waals surface area contributed by atoms with Crippen LogP contribution in [0.15, 0.2) is 54.6 Å². The first-order chi connectivity index (χ1) is 30.6. The third kappa shape index (κ3) is 10.4. The fourth-order valence-electron chi connectivity index (χ4n) is 8.13. The maximum absolute atomic E-state index is 15.7. The molecule has 0 unspecified atom stereocenters. The molecule has 0 aliphatic carbocycles. The summed E-state index contributed by atoms with van der Waals surface area (Å²) in [5.41, 5.74) is 3.67. The van der Waals surface area contributed by atoms with Crippen LogP contribution in [0, 0.1) is 13.8 Å². The third-order valence-electron chi connectivity index (χ3n) is 11.1. The largest absolute Gasteiger partial charge is 0.497 e. The van der Waals surface area contributed by atoms with Crippen molar-refractivity contribution in [1.82, 2.24) is 9.80 Å². The molecule has 0 saturated heterocycles. The number of amides is 2. The summed E-state index contributed by atoms with van der Waals surface area (Å²) in [4.78, 5) is 47.1. The molecular formula is C49H62N2O13. The minimum Gasteiger partial charge on any atom is -0.497 e. The summed E-state index contributed by atoms with van der Waals surface area (Å²) in [6.07, 6.45) is -0.899. The van der Waals surface area contributed by atoms with Crippen LogP contribution in [0.25, 0.3) is 0 Å². The second-order valence-electron chi connectivity index (χ2n) is 16.3. The lowest BCUT2D eigenvalue weighted by atomic mass is 9.86. The van der Waals surface area contributed by atoms with Crippen LogP contribution in [-0.2, 0) is 45.2 Å². The zero-order valence-corrected chi connectivity index (χ0v) is 39.3. The summed E-state index contributed by atoms with van der Waals surface area (Å²) >= 11 is 0. The summed E-state index contributed by atoms with van der Waals surface area (Å²) in [5, 5.41) is 0. The highest BCUT2D eigenvalue weighted by Gasteiger charge is 2.45. The Bertz CT molecular complexity index is 2270. The smallest absolute Gasteiger partial charge is 0.410 e. The van der Waals surface area contributed by atoms with Gasteiger partial charge in [0.2, 0.25) is 5.91 Å².